The normalized spacial score (nSPS) is 15.1. The summed E-state index contributed by atoms with van der Waals surface area (Å²) in [7, 11) is 0. The topological polar surface area (TPSA) is 55.1 Å². The first-order valence-corrected chi connectivity index (χ1v) is 7.03. The minimum atomic E-state index is 0.123. The number of nitrogens with one attached hydrogen (secondary N) is 1. The third kappa shape index (κ3) is 4.52. The number of benzene rings is 1. The maximum Gasteiger partial charge on any atom is 0.176 e. The van der Waals surface area contributed by atoms with E-state index in [-0.39, 0.29) is 5.78 Å². The lowest BCUT2D eigenvalue weighted by Crippen LogP contribution is -2.24. The maximum absolute atomic E-state index is 11.9. The number of anilines is 1. The Balaban J connectivity index is 1.69. The zero-order chi connectivity index (χ0) is 13.5. The fraction of sp³-hybridized carbons (Fsp3) is 0.438. The molecule has 102 valence electrons. The number of hydrogen-bond donors (Lipinski definition) is 2. The molecule has 0 aromatic heterocycles. The Morgan fingerprint density at radius 3 is 2.68 bits per heavy atom. The molecule has 0 aliphatic heterocycles. The quantitative estimate of drug-likeness (QED) is 0.357. The van der Waals surface area contributed by atoms with Crippen molar-refractivity contribution in [2.75, 3.05) is 18.8 Å². The van der Waals surface area contributed by atoms with Crippen molar-refractivity contribution in [2.45, 2.75) is 32.1 Å². The van der Waals surface area contributed by atoms with Crippen LogP contribution in [0, 0.1) is 0 Å². The molecule has 0 saturated heterocycles. The van der Waals surface area contributed by atoms with Gasteiger partial charge in [0.15, 0.2) is 5.78 Å². The number of nitrogen functional groups attached to an aromatic ring is 1. The molecular formula is C16H22N2O. The molecule has 1 aromatic carbocycles. The van der Waals surface area contributed by atoms with Crippen LogP contribution in [0.4, 0.5) is 5.69 Å². The minimum Gasteiger partial charge on any atom is -0.399 e. The highest BCUT2D eigenvalue weighted by molar-refractivity contribution is 5.97. The number of carbonyl (C=O) groups excluding carboxylic acids is 1. The zero-order valence-corrected chi connectivity index (χ0v) is 11.3. The van der Waals surface area contributed by atoms with E-state index in [1.807, 2.05) is 0 Å². The number of allylic oxidation sites excluding steroid dienone is 1. The summed E-state index contributed by atoms with van der Waals surface area (Å²) in [5.74, 6) is 0.123. The Hall–Kier alpha value is -1.61. The predicted octanol–water partition coefficient (Wildman–Crippen LogP) is 2.93. The van der Waals surface area contributed by atoms with Crippen molar-refractivity contribution in [1.82, 2.24) is 5.32 Å². The van der Waals surface area contributed by atoms with E-state index in [0.29, 0.717) is 12.2 Å². The largest absolute Gasteiger partial charge is 0.399 e. The third-order valence-electron chi connectivity index (χ3n) is 3.53. The van der Waals surface area contributed by atoms with Crippen molar-refractivity contribution >= 4 is 11.5 Å². The third-order valence-corrected chi connectivity index (χ3v) is 3.53. The standard InChI is InChI=1S/C16H22N2O/c17-15-8-6-14(7-9-15)16(19)12-18-11-10-13-4-2-1-3-5-13/h4,6-9,18H,1-3,5,10-12,17H2. The number of hydrogen-bond acceptors (Lipinski definition) is 3. The van der Waals surface area contributed by atoms with Gasteiger partial charge in [0, 0.05) is 11.3 Å². The van der Waals surface area contributed by atoms with Crippen LogP contribution in [0.2, 0.25) is 0 Å². The summed E-state index contributed by atoms with van der Waals surface area (Å²) in [6.45, 7) is 1.28. The summed E-state index contributed by atoms with van der Waals surface area (Å²) >= 11 is 0. The summed E-state index contributed by atoms with van der Waals surface area (Å²) in [5, 5.41) is 3.22. The van der Waals surface area contributed by atoms with E-state index in [4.69, 9.17) is 5.73 Å². The van der Waals surface area contributed by atoms with Gasteiger partial charge in [0.1, 0.15) is 0 Å². The first-order valence-electron chi connectivity index (χ1n) is 7.03. The summed E-state index contributed by atoms with van der Waals surface area (Å²) in [6, 6.07) is 7.09. The van der Waals surface area contributed by atoms with Gasteiger partial charge in [-0.05, 0) is 62.9 Å². The van der Waals surface area contributed by atoms with Crippen molar-refractivity contribution in [3.63, 3.8) is 0 Å². The summed E-state index contributed by atoms with van der Waals surface area (Å²) < 4.78 is 0. The molecule has 0 spiro atoms. The molecule has 0 heterocycles. The van der Waals surface area contributed by atoms with Crippen LogP contribution in [0.25, 0.3) is 0 Å². The highest BCUT2D eigenvalue weighted by Crippen LogP contribution is 2.19. The van der Waals surface area contributed by atoms with Crippen LogP contribution in [0.3, 0.4) is 0 Å². The molecule has 1 aromatic rings. The van der Waals surface area contributed by atoms with Crippen LogP contribution in [0.5, 0.6) is 0 Å². The smallest absolute Gasteiger partial charge is 0.176 e. The van der Waals surface area contributed by atoms with Crippen LogP contribution < -0.4 is 11.1 Å². The van der Waals surface area contributed by atoms with E-state index in [2.05, 4.69) is 11.4 Å². The van der Waals surface area contributed by atoms with Gasteiger partial charge in [0.2, 0.25) is 0 Å². The summed E-state index contributed by atoms with van der Waals surface area (Å²) in [6.07, 6.45) is 8.51. The molecule has 0 saturated carbocycles. The fourth-order valence-corrected chi connectivity index (χ4v) is 2.35. The van der Waals surface area contributed by atoms with E-state index >= 15 is 0 Å². The molecule has 3 nitrogen and oxygen atoms in total. The van der Waals surface area contributed by atoms with Crippen LogP contribution >= 0.6 is 0 Å². The molecule has 1 aliphatic carbocycles. The number of ketones is 1. The molecule has 0 amide bonds. The van der Waals surface area contributed by atoms with Crippen LogP contribution in [-0.2, 0) is 0 Å². The molecule has 2 rings (SSSR count). The SMILES string of the molecule is Nc1ccc(C(=O)CNCCC2=CCCCC2)cc1. The minimum absolute atomic E-state index is 0.123. The first-order chi connectivity index (χ1) is 9.25. The first kappa shape index (κ1) is 13.8. The number of carbonyl (C=O) groups is 1. The van der Waals surface area contributed by atoms with Crippen LogP contribution in [0.1, 0.15) is 42.5 Å². The van der Waals surface area contributed by atoms with Crippen LogP contribution in [-0.4, -0.2) is 18.9 Å². The Morgan fingerprint density at radius 1 is 1.21 bits per heavy atom. The Labute approximate surface area is 114 Å². The van der Waals surface area contributed by atoms with Gasteiger partial charge in [-0.25, -0.2) is 0 Å². The fourth-order valence-electron chi connectivity index (χ4n) is 2.35. The second-order valence-electron chi connectivity index (χ2n) is 5.08. The Morgan fingerprint density at radius 2 is 2.00 bits per heavy atom. The molecule has 0 bridgehead atoms. The Bertz CT molecular complexity index is 448. The van der Waals surface area contributed by atoms with E-state index in [1.54, 1.807) is 29.8 Å². The number of nitrogens with two attached hydrogens (primary N) is 1. The molecule has 19 heavy (non-hydrogen) atoms. The van der Waals surface area contributed by atoms with Crippen LogP contribution in [0.15, 0.2) is 35.9 Å². The van der Waals surface area contributed by atoms with Crippen molar-refractivity contribution in [1.29, 1.82) is 0 Å². The lowest BCUT2D eigenvalue weighted by atomic mass is 9.97. The molecule has 0 radical (unpaired) electrons. The number of rotatable bonds is 6. The maximum atomic E-state index is 11.9. The van der Waals surface area contributed by atoms with Gasteiger partial charge < -0.3 is 11.1 Å². The monoisotopic (exact) mass is 258 g/mol. The lowest BCUT2D eigenvalue weighted by Gasteiger charge is -2.12. The van der Waals surface area contributed by atoms with Gasteiger partial charge in [-0.15, -0.1) is 0 Å². The van der Waals surface area contributed by atoms with Gasteiger partial charge in [-0.3, -0.25) is 4.79 Å². The molecular weight excluding hydrogens is 236 g/mol. The number of Topliss-reactive ketones (excluding diaryl/α,β-unsaturated/α-hetero) is 1. The van der Waals surface area contributed by atoms with Crippen molar-refractivity contribution in [2.24, 2.45) is 0 Å². The van der Waals surface area contributed by atoms with E-state index in [9.17, 15) is 4.79 Å². The van der Waals surface area contributed by atoms with E-state index in [1.165, 1.54) is 25.7 Å². The van der Waals surface area contributed by atoms with Gasteiger partial charge in [-0.1, -0.05) is 11.6 Å². The molecule has 0 fully saturated rings. The van der Waals surface area contributed by atoms with E-state index in [0.717, 1.165) is 18.5 Å². The summed E-state index contributed by atoms with van der Waals surface area (Å²) in [5.41, 5.74) is 8.55. The average Bonchev–Trinajstić information content (AvgIpc) is 2.45. The van der Waals surface area contributed by atoms with Gasteiger partial charge in [0.25, 0.3) is 0 Å². The second kappa shape index (κ2) is 7.10. The zero-order valence-electron chi connectivity index (χ0n) is 11.3. The molecule has 3 heteroatoms. The van der Waals surface area contributed by atoms with E-state index < -0.39 is 0 Å². The molecule has 1 aliphatic rings. The molecule has 0 atom stereocenters. The molecule has 3 N–H and O–H groups in total. The highest BCUT2D eigenvalue weighted by atomic mass is 16.1. The lowest BCUT2D eigenvalue weighted by molar-refractivity contribution is 0.0991. The van der Waals surface area contributed by atoms with Gasteiger partial charge in [-0.2, -0.15) is 0 Å². The predicted molar refractivity (Wildman–Crippen MR) is 79.2 cm³/mol. The average molecular weight is 258 g/mol. The van der Waals surface area contributed by atoms with Crippen molar-refractivity contribution < 1.29 is 4.79 Å². The molecule has 0 unspecified atom stereocenters. The highest BCUT2D eigenvalue weighted by Gasteiger charge is 2.06. The summed E-state index contributed by atoms with van der Waals surface area (Å²) in [4.78, 5) is 11.9. The second-order valence-corrected chi connectivity index (χ2v) is 5.08. The van der Waals surface area contributed by atoms with Crippen molar-refractivity contribution in [3.8, 4) is 0 Å². The Kier molecular flexibility index (Phi) is 5.16. The van der Waals surface area contributed by atoms with Gasteiger partial charge >= 0.3 is 0 Å². The van der Waals surface area contributed by atoms with Crippen molar-refractivity contribution in [3.05, 3.63) is 41.5 Å². The van der Waals surface area contributed by atoms with Gasteiger partial charge in [0.05, 0.1) is 6.54 Å².